The molecule has 152 valence electrons. The lowest BCUT2D eigenvalue weighted by Crippen LogP contribution is -2.50. The Hall–Kier alpha value is -0.860. The zero-order chi connectivity index (χ0) is 20.4. The summed E-state index contributed by atoms with van der Waals surface area (Å²) < 4.78 is 27.6. The molecule has 0 radical (unpaired) electrons. The van der Waals surface area contributed by atoms with Crippen LogP contribution in [0.2, 0.25) is 10.0 Å². The Bertz CT molecular complexity index is 789. The molecule has 0 spiro atoms. The molecule has 0 bridgehead atoms. The number of piperazine rings is 1. The largest absolute Gasteiger partial charge is 0.336 e. The monoisotopic (exact) mass is 435 g/mol. The quantitative estimate of drug-likeness (QED) is 0.744. The van der Waals surface area contributed by atoms with Crippen molar-refractivity contribution in [1.29, 1.82) is 0 Å². The van der Waals surface area contributed by atoms with Crippen LogP contribution in [0.3, 0.4) is 0 Å². The maximum atomic E-state index is 12.9. The van der Waals surface area contributed by atoms with Crippen LogP contribution >= 0.6 is 23.2 Å². The van der Waals surface area contributed by atoms with E-state index in [9.17, 15) is 13.2 Å². The summed E-state index contributed by atoms with van der Waals surface area (Å²) in [6.07, 6.45) is 0. The van der Waals surface area contributed by atoms with E-state index in [1.165, 1.54) is 12.1 Å². The van der Waals surface area contributed by atoms with Crippen LogP contribution in [-0.2, 0) is 10.0 Å². The Labute approximate surface area is 171 Å². The fourth-order valence-electron chi connectivity index (χ4n) is 2.86. The van der Waals surface area contributed by atoms with Gasteiger partial charge in [-0.3, -0.25) is 9.69 Å². The zero-order valence-corrected chi connectivity index (χ0v) is 18.5. The van der Waals surface area contributed by atoms with Gasteiger partial charge in [0, 0.05) is 38.8 Å². The van der Waals surface area contributed by atoms with Gasteiger partial charge in [-0.05, 0) is 31.9 Å². The molecule has 1 heterocycles. The highest BCUT2D eigenvalue weighted by molar-refractivity contribution is 7.89. The molecule has 0 saturated carbocycles. The van der Waals surface area contributed by atoms with Crippen molar-refractivity contribution in [1.82, 2.24) is 14.5 Å². The predicted octanol–water partition coefficient (Wildman–Crippen LogP) is 3.09. The molecule has 1 amide bonds. The highest BCUT2D eigenvalue weighted by atomic mass is 35.5. The van der Waals surface area contributed by atoms with Crippen molar-refractivity contribution in [2.24, 2.45) is 5.92 Å². The molecule has 0 atom stereocenters. The second kappa shape index (κ2) is 9.09. The van der Waals surface area contributed by atoms with Crippen LogP contribution in [0.5, 0.6) is 0 Å². The SMILES string of the molecule is CC(C)CNS(=O)(=O)c1cc(C(=O)N2CCN(C(C)C)CC2)c(Cl)cc1Cl. The number of nitrogens with zero attached hydrogens (tertiary/aromatic N) is 2. The van der Waals surface area contributed by atoms with Crippen LogP contribution < -0.4 is 4.72 Å². The van der Waals surface area contributed by atoms with E-state index in [1.807, 2.05) is 13.8 Å². The third kappa shape index (κ3) is 5.57. The third-order valence-electron chi connectivity index (χ3n) is 4.55. The van der Waals surface area contributed by atoms with Gasteiger partial charge in [-0.1, -0.05) is 37.0 Å². The van der Waals surface area contributed by atoms with Crippen LogP contribution in [0.15, 0.2) is 17.0 Å². The summed E-state index contributed by atoms with van der Waals surface area (Å²) in [5.41, 5.74) is 0.156. The van der Waals surface area contributed by atoms with E-state index in [1.54, 1.807) is 4.90 Å². The molecular weight excluding hydrogens is 409 g/mol. The van der Waals surface area contributed by atoms with Crippen molar-refractivity contribution >= 4 is 39.1 Å². The van der Waals surface area contributed by atoms with E-state index in [-0.39, 0.29) is 38.9 Å². The second-order valence-corrected chi connectivity index (χ2v) is 9.98. The summed E-state index contributed by atoms with van der Waals surface area (Å²) in [4.78, 5) is 16.8. The lowest BCUT2D eigenvalue weighted by atomic mass is 10.1. The van der Waals surface area contributed by atoms with Gasteiger partial charge >= 0.3 is 0 Å². The second-order valence-electron chi connectivity index (χ2n) is 7.43. The topological polar surface area (TPSA) is 69.7 Å². The lowest BCUT2D eigenvalue weighted by Gasteiger charge is -2.37. The first-order valence-electron chi connectivity index (χ1n) is 9.05. The first kappa shape index (κ1) is 22.4. The number of nitrogens with one attached hydrogen (secondary N) is 1. The van der Waals surface area contributed by atoms with Crippen LogP contribution in [0.4, 0.5) is 0 Å². The summed E-state index contributed by atoms with van der Waals surface area (Å²) in [5.74, 6) is -0.135. The Morgan fingerprint density at radius 3 is 2.19 bits per heavy atom. The summed E-state index contributed by atoms with van der Waals surface area (Å²) in [6, 6.07) is 3.03. The van der Waals surface area contributed by atoms with E-state index in [4.69, 9.17) is 23.2 Å². The highest BCUT2D eigenvalue weighted by Gasteiger charge is 2.27. The molecule has 1 saturated heterocycles. The van der Waals surface area contributed by atoms with E-state index in [2.05, 4.69) is 23.5 Å². The van der Waals surface area contributed by atoms with Crippen LogP contribution in [0, 0.1) is 5.92 Å². The number of sulfonamides is 1. The lowest BCUT2D eigenvalue weighted by molar-refractivity contribution is 0.0595. The molecule has 6 nitrogen and oxygen atoms in total. The molecule has 27 heavy (non-hydrogen) atoms. The minimum absolute atomic E-state index is 0.00238. The van der Waals surface area contributed by atoms with Gasteiger partial charge in [0.25, 0.3) is 5.91 Å². The van der Waals surface area contributed by atoms with Crippen LogP contribution in [0.25, 0.3) is 0 Å². The van der Waals surface area contributed by atoms with Gasteiger partial charge in [0.05, 0.1) is 15.6 Å². The smallest absolute Gasteiger partial charge is 0.255 e. The minimum Gasteiger partial charge on any atom is -0.336 e. The minimum atomic E-state index is -3.83. The number of carbonyl (C=O) groups is 1. The van der Waals surface area contributed by atoms with Gasteiger partial charge in [0.1, 0.15) is 4.90 Å². The summed E-state index contributed by atoms with van der Waals surface area (Å²) in [7, 11) is -3.83. The van der Waals surface area contributed by atoms with E-state index in [0.29, 0.717) is 19.1 Å². The van der Waals surface area contributed by atoms with E-state index in [0.717, 1.165) is 13.1 Å². The van der Waals surface area contributed by atoms with Gasteiger partial charge < -0.3 is 4.90 Å². The van der Waals surface area contributed by atoms with Gasteiger partial charge in [0.15, 0.2) is 0 Å². The zero-order valence-electron chi connectivity index (χ0n) is 16.1. The fourth-order valence-corrected chi connectivity index (χ4v) is 4.93. The predicted molar refractivity (Wildman–Crippen MR) is 109 cm³/mol. The van der Waals surface area contributed by atoms with Crippen molar-refractivity contribution in [3.05, 3.63) is 27.7 Å². The summed E-state index contributed by atoms with van der Waals surface area (Å²) >= 11 is 12.3. The van der Waals surface area contributed by atoms with Crippen LogP contribution in [-0.4, -0.2) is 62.9 Å². The first-order valence-corrected chi connectivity index (χ1v) is 11.3. The van der Waals surface area contributed by atoms with Gasteiger partial charge in [0.2, 0.25) is 10.0 Å². The fraction of sp³-hybridized carbons (Fsp3) is 0.611. The molecule has 1 fully saturated rings. The molecule has 0 aromatic heterocycles. The Morgan fingerprint density at radius 2 is 1.67 bits per heavy atom. The van der Waals surface area contributed by atoms with E-state index >= 15 is 0 Å². The molecule has 0 aliphatic carbocycles. The summed E-state index contributed by atoms with van der Waals surface area (Å²) in [5, 5.41) is 0.150. The molecule has 1 aliphatic heterocycles. The number of carbonyl (C=O) groups excluding carboxylic acids is 1. The van der Waals surface area contributed by atoms with Crippen molar-refractivity contribution in [3.8, 4) is 0 Å². The molecular formula is C18H27Cl2N3O3S. The van der Waals surface area contributed by atoms with E-state index < -0.39 is 10.0 Å². The maximum absolute atomic E-state index is 12.9. The molecule has 1 aromatic carbocycles. The normalized spacial score (nSPS) is 16.4. The van der Waals surface area contributed by atoms with Gasteiger partial charge in [-0.15, -0.1) is 0 Å². The molecule has 1 aliphatic rings. The number of amides is 1. The molecule has 9 heteroatoms. The summed E-state index contributed by atoms with van der Waals surface area (Å²) in [6.45, 7) is 11.0. The number of rotatable bonds is 6. The van der Waals surface area contributed by atoms with Crippen molar-refractivity contribution in [2.75, 3.05) is 32.7 Å². The maximum Gasteiger partial charge on any atom is 0.255 e. The van der Waals surface area contributed by atoms with Gasteiger partial charge in [-0.25, -0.2) is 13.1 Å². The highest BCUT2D eigenvalue weighted by Crippen LogP contribution is 2.30. The molecule has 2 rings (SSSR count). The van der Waals surface area contributed by atoms with Crippen LogP contribution in [0.1, 0.15) is 38.1 Å². The first-order chi connectivity index (χ1) is 12.5. The van der Waals surface area contributed by atoms with Crippen molar-refractivity contribution in [2.45, 2.75) is 38.6 Å². The number of hydrogen-bond acceptors (Lipinski definition) is 4. The van der Waals surface area contributed by atoms with Crippen molar-refractivity contribution in [3.63, 3.8) is 0 Å². The average Bonchev–Trinajstić information content (AvgIpc) is 2.59. The van der Waals surface area contributed by atoms with Gasteiger partial charge in [-0.2, -0.15) is 0 Å². The standard InChI is InChI=1S/C18H27Cl2N3O3S/c1-12(2)11-21-27(25,26)17-9-14(15(19)10-16(17)20)18(24)23-7-5-22(6-8-23)13(3)4/h9-10,12-13,21H,5-8,11H2,1-4H3. The Kier molecular flexibility index (Phi) is 7.55. The number of benzene rings is 1. The van der Waals surface area contributed by atoms with Crippen molar-refractivity contribution < 1.29 is 13.2 Å². The average molecular weight is 436 g/mol. The Balaban J connectivity index is 2.26. The third-order valence-corrected chi connectivity index (χ3v) is 6.76. The molecule has 1 N–H and O–H groups in total. The molecule has 1 aromatic rings. The Morgan fingerprint density at radius 1 is 1.07 bits per heavy atom. The number of halogens is 2. The number of hydrogen-bond donors (Lipinski definition) is 1. The molecule has 0 unspecified atom stereocenters.